The number of hydrogen-bond acceptors (Lipinski definition) is 6. The molecule has 1 saturated heterocycles. The van der Waals surface area contributed by atoms with Gasteiger partial charge in [-0.05, 0) is 26.3 Å². The average molecular weight is 309 g/mol. The van der Waals surface area contributed by atoms with Crippen molar-refractivity contribution in [1.82, 2.24) is 15.5 Å². The first-order chi connectivity index (χ1) is 9.85. The number of aromatic nitrogens is 2. The van der Waals surface area contributed by atoms with Gasteiger partial charge in [0, 0.05) is 11.7 Å². The highest BCUT2D eigenvalue weighted by molar-refractivity contribution is 7.91. The molecule has 0 saturated carbocycles. The third-order valence-electron chi connectivity index (χ3n) is 3.56. The summed E-state index contributed by atoms with van der Waals surface area (Å²) in [6.07, 6.45) is 0.448. The molecule has 0 radical (unpaired) electrons. The molecule has 8 heteroatoms. The van der Waals surface area contributed by atoms with E-state index in [1.54, 1.807) is 19.9 Å². The number of pyridine rings is 1. The fraction of sp³-hybridized carbons (Fsp3) is 0.462. The molecule has 112 valence electrons. The minimum atomic E-state index is -3.03. The maximum atomic E-state index is 12.4. The zero-order chi connectivity index (χ0) is 15.2. The van der Waals surface area contributed by atoms with Gasteiger partial charge in [-0.15, -0.1) is 0 Å². The minimum Gasteiger partial charge on any atom is -0.348 e. The van der Waals surface area contributed by atoms with Crippen LogP contribution < -0.4 is 5.32 Å². The van der Waals surface area contributed by atoms with Crippen molar-refractivity contribution in [2.45, 2.75) is 26.3 Å². The number of amides is 1. The molecule has 1 fully saturated rings. The Morgan fingerprint density at radius 2 is 2.19 bits per heavy atom. The van der Waals surface area contributed by atoms with Gasteiger partial charge in [0.05, 0.1) is 28.1 Å². The quantitative estimate of drug-likeness (QED) is 0.878. The van der Waals surface area contributed by atoms with Crippen LogP contribution in [0.15, 0.2) is 10.6 Å². The van der Waals surface area contributed by atoms with Crippen LogP contribution in [0.3, 0.4) is 0 Å². The van der Waals surface area contributed by atoms with Crippen molar-refractivity contribution in [2.24, 2.45) is 0 Å². The lowest BCUT2D eigenvalue weighted by molar-refractivity contribution is 0.0942. The van der Waals surface area contributed by atoms with E-state index in [4.69, 9.17) is 4.52 Å². The lowest BCUT2D eigenvalue weighted by atomic mass is 10.1. The molecule has 0 aromatic carbocycles. The van der Waals surface area contributed by atoms with Gasteiger partial charge in [-0.1, -0.05) is 5.16 Å². The molecule has 1 aliphatic heterocycles. The maximum absolute atomic E-state index is 12.4. The summed E-state index contributed by atoms with van der Waals surface area (Å²) in [7, 11) is -3.03. The Kier molecular flexibility index (Phi) is 3.20. The summed E-state index contributed by atoms with van der Waals surface area (Å²) in [5.41, 5.74) is 1.96. The van der Waals surface area contributed by atoms with Gasteiger partial charge in [-0.2, -0.15) is 0 Å². The van der Waals surface area contributed by atoms with Crippen LogP contribution in [0.5, 0.6) is 0 Å². The van der Waals surface area contributed by atoms with Crippen LogP contribution in [0, 0.1) is 13.8 Å². The van der Waals surface area contributed by atoms with E-state index in [0.717, 1.165) is 0 Å². The first-order valence-corrected chi connectivity index (χ1v) is 8.43. The highest BCUT2D eigenvalue weighted by Gasteiger charge is 2.30. The monoisotopic (exact) mass is 309 g/mol. The molecule has 21 heavy (non-hydrogen) atoms. The highest BCUT2D eigenvalue weighted by Crippen LogP contribution is 2.22. The van der Waals surface area contributed by atoms with Gasteiger partial charge in [0.25, 0.3) is 11.6 Å². The van der Waals surface area contributed by atoms with Crippen molar-refractivity contribution < 1.29 is 17.7 Å². The van der Waals surface area contributed by atoms with Crippen molar-refractivity contribution in [1.29, 1.82) is 0 Å². The van der Waals surface area contributed by atoms with Crippen molar-refractivity contribution in [3.8, 4) is 0 Å². The molecule has 7 nitrogen and oxygen atoms in total. The molecule has 2 aromatic rings. The molecule has 3 rings (SSSR count). The van der Waals surface area contributed by atoms with Gasteiger partial charge >= 0.3 is 0 Å². The third-order valence-corrected chi connectivity index (χ3v) is 5.33. The smallest absolute Gasteiger partial charge is 0.258 e. The van der Waals surface area contributed by atoms with Crippen LogP contribution >= 0.6 is 0 Å². The Balaban J connectivity index is 1.93. The second kappa shape index (κ2) is 4.80. The van der Waals surface area contributed by atoms with Crippen molar-refractivity contribution in [2.75, 3.05) is 11.5 Å². The molecule has 1 amide bonds. The number of fused-ring (bicyclic) bond motifs is 1. The van der Waals surface area contributed by atoms with E-state index in [1.165, 1.54) is 0 Å². The number of hydrogen-bond donors (Lipinski definition) is 1. The van der Waals surface area contributed by atoms with E-state index >= 15 is 0 Å². The Morgan fingerprint density at radius 3 is 2.86 bits per heavy atom. The molecule has 0 bridgehead atoms. The predicted molar refractivity (Wildman–Crippen MR) is 75.8 cm³/mol. The topological polar surface area (TPSA) is 102 Å². The molecule has 1 N–H and O–H groups in total. The first-order valence-electron chi connectivity index (χ1n) is 6.60. The van der Waals surface area contributed by atoms with E-state index in [9.17, 15) is 13.2 Å². The van der Waals surface area contributed by atoms with E-state index < -0.39 is 9.84 Å². The van der Waals surface area contributed by atoms with Crippen LogP contribution in [0.2, 0.25) is 0 Å². The van der Waals surface area contributed by atoms with E-state index in [-0.39, 0.29) is 23.5 Å². The van der Waals surface area contributed by atoms with Gasteiger partial charge in [0.2, 0.25) is 0 Å². The highest BCUT2D eigenvalue weighted by atomic mass is 32.2. The van der Waals surface area contributed by atoms with Gasteiger partial charge in [-0.25, -0.2) is 13.4 Å². The number of carbonyl (C=O) groups excluding carboxylic acids is 1. The third kappa shape index (κ3) is 2.63. The van der Waals surface area contributed by atoms with E-state index in [0.29, 0.717) is 34.5 Å². The maximum Gasteiger partial charge on any atom is 0.258 e. The molecule has 1 aliphatic rings. The molecule has 1 unspecified atom stereocenters. The summed E-state index contributed by atoms with van der Waals surface area (Å²) in [6, 6.07) is 1.32. The van der Waals surface area contributed by atoms with Gasteiger partial charge in [0.15, 0.2) is 9.84 Å². The summed E-state index contributed by atoms with van der Waals surface area (Å²) >= 11 is 0. The summed E-state index contributed by atoms with van der Waals surface area (Å²) in [4.78, 5) is 16.6. The van der Waals surface area contributed by atoms with Crippen molar-refractivity contribution in [3.05, 3.63) is 23.0 Å². The van der Waals surface area contributed by atoms with Crippen LogP contribution in [0.1, 0.15) is 28.2 Å². The fourth-order valence-corrected chi connectivity index (χ4v) is 4.24. The molecule has 2 aromatic heterocycles. The average Bonchev–Trinajstić information content (AvgIpc) is 2.92. The fourth-order valence-electron chi connectivity index (χ4n) is 2.57. The SMILES string of the molecule is Cc1cc(C(=O)NC2CCS(=O)(=O)C2)c2c(C)noc2n1. The summed E-state index contributed by atoms with van der Waals surface area (Å²) in [6.45, 7) is 3.49. The molecule has 1 atom stereocenters. The standard InChI is InChI=1S/C13H15N3O4S/c1-7-5-10(11-8(2)16-20-13(11)14-7)12(17)15-9-3-4-21(18,19)6-9/h5,9H,3-4,6H2,1-2H3,(H,15,17). The largest absolute Gasteiger partial charge is 0.348 e. The van der Waals surface area contributed by atoms with Gasteiger partial charge in [-0.3, -0.25) is 4.79 Å². The number of nitrogens with one attached hydrogen (secondary N) is 1. The second-order valence-electron chi connectivity index (χ2n) is 5.33. The van der Waals surface area contributed by atoms with Crippen LogP contribution in [-0.2, 0) is 9.84 Å². The Hall–Kier alpha value is -1.96. The molecular formula is C13H15N3O4S. The Bertz CT molecular complexity index is 825. The predicted octanol–water partition coefficient (Wildman–Crippen LogP) is 0.757. The van der Waals surface area contributed by atoms with Crippen molar-refractivity contribution in [3.63, 3.8) is 0 Å². The van der Waals surface area contributed by atoms with Crippen LogP contribution in [0.4, 0.5) is 0 Å². The Labute approximate surface area is 121 Å². The molecule has 0 spiro atoms. The van der Waals surface area contributed by atoms with E-state index in [1.807, 2.05) is 0 Å². The normalized spacial score (nSPS) is 20.8. The minimum absolute atomic E-state index is 0.00539. The number of sulfone groups is 1. The lowest BCUT2D eigenvalue weighted by Gasteiger charge is -2.11. The van der Waals surface area contributed by atoms with Crippen molar-refractivity contribution >= 4 is 26.8 Å². The van der Waals surface area contributed by atoms with Gasteiger partial charge < -0.3 is 9.84 Å². The summed E-state index contributed by atoms with van der Waals surface area (Å²) < 4.78 is 28.0. The summed E-state index contributed by atoms with van der Waals surface area (Å²) in [5.74, 6) is -0.206. The first kappa shape index (κ1) is 14.0. The van der Waals surface area contributed by atoms with Gasteiger partial charge in [0.1, 0.15) is 0 Å². The van der Waals surface area contributed by atoms with Crippen LogP contribution in [-0.4, -0.2) is 42.0 Å². The molecule has 0 aliphatic carbocycles. The number of aryl methyl sites for hydroxylation is 2. The molecular weight excluding hydrogens is 294 g/mol. The second-order valence-corrected chi connectivity index (χ2v) is 7.56. The number of carbonyl (C=O) groups is 1. The Morgan fingerprint density at radius 1 is 1.43 bits per heavy atom. The zero-order valence-corrected chi connectivity index (χ0v) is 12.5. The number of rotatable bonds is 2. The van der Waals surface area contributed by atoms with E-state index in [2.05, 4.69) is 15.5 Å². The lowest BCUT2D eigenvalue weighted by Crippen LogP contribution is -2.35. The zero-order valence-electron chi connectivity index (χ0n) is 11.7. The molecule has 3 heterocycles. The van der Waals surface area contributed by atoms with Crippen LogP contribution in [0.25, 0.3) is 11.1 Å². The number of nitrogens with zero attached hydrogens (tertiary/aromatic N) is 2. The summed E-state index contributed by atoms with van der Waals surface area (Å²) in [5, 5.41) is 7.16.